The molecule has 1 unspecified atom stereocenters. The minimum absolute atomic E-state index is 0.0106. The summed E-state index contributed by atoms with van der Waals surface area (Å²) >= 11 is 7.04. The highest BCUT2D eigenvalue weighted by molar-refractivity contribution is 14.1. The fourth-order valence-corrected chi connectivity index (χ4v) is 1.95. The predicted molar refractivity (Wildman–Crippen MR) is 82.2 cm³/mol. The second-order valence-electron chi connectivity index (χ2n) is 3.95. The van der Waals surface area contributed by atoms with E-state index in [9.17, 15) is 4.79 Å². The second kappa shape index (κ2) is 6.30. The summed E-state index contributed by atoms with van der Waals surface area (Å²) in [5.74, 6) is -0.0716. The highest BCUT2D eigenvalue weighted by Crippen LogP contribution is 2.16. The Hall–Kier alpha value is -0.690. The molecule has 0 aliphatic carbocycles. The molecule has 0 fully saturated rings. The van der Waals surface area contributed by atoms with Gasteiger partial charge in [0, 0.05) is 16.0 Å². The van der Waals surface area contributed by atoms with Crippen molar-refractivity contribution in [2.24, 2.45) is 11.7 Å². The van der Waals surface area contributed by atoms with Crippen LogP contribution in [-0.4, -0.2) is 17.4 Å². The van der Waals surface area contributed by atoms with E-state index in [2.05, 4.69) is 27.9 Å². The Kier molecular flexibility index (Phi) is 5.32. The van der Waals surface area contributed by atoms with Gasteiger partial charge >= 0.3 is 0 Å². The number of nitrogens with one attached hydrogen (secondary N) is 1. The summed E-state index contributed by atoms with van der Waals surface area (Å²) in [6, 6.07) is 5.68. The Labute approximate surface area is 120 Å². The minimum Gasteiger partial charge on any atom is -0.393 e. The lowest BCUT2D eigenvalue weighted by Gasteiger charge is -2.12. The molecule has 3 nitrogen and oxygen atoms in total. The average molecular weight is 362 g/mol. The molecule has 1 aromatic carbocycles. The van der Waals surface area contributed by atoms with Crippen LogP contribution in [0, 0.1) is 16.4 Å². The number of halogens is 1. The first kappa shape index (κ1) is 14.4. The fourth-order valence-electron chi connectivity index (χ4n) is 1.26. The second-order valence-corrected chi connectivity index (χ2v) is 5.50. The summed E-state index contributed by atoms with van der Waals surface area (Å²) in [5.41, 5.74) is 7.29. The molecule has 17 heavy (non-hydrogen) atoms. The number of nitrogens with two attached hydrogens (primary N) is 1. The van der Waals surface area contributed by atoms with E-state index in [0.29, 0.717) is 17.1 Å². The molecule has 0 aromatic heterocycles. The average Bonchev–Trinajstić information content (AvgIpc) is 2.29. The van der Waals surface area contributed by atoms with Crippen LogP contribution in [0.2, 0.25) is 0 Å². The molecule has 1 atom stereocenters. The maximum atomic E-state index is 11.9. The number of rotatable bonds is 4. The Balaban J connectivity index is 2.71. The third kappa shape index (κ3) is 3.92. The van der Waals surface area contributed by atoms with Crippen molar-refractivity contribution in [3.05, 3.63) is 32.9 Å². The maximum absolute atomic E-state index is 11.9. The summed E-state index contributed by atoms with van der Waals surface area (Å²) in [7, 11) is 0. The van der Waals surface area contributed by atoms with Gasteiger partial charge < -0.3 is 11.1 Å². The fraction of sp³-hybridized carbons (Fsp3) is 0.333. The van der Waals surface area contributed by atoms with Crippen LogP contribution in [0.4, 0.5) is 0 Å². The molecule has 0 spiro atoms. The van der Waals surface area contributed by atoms with Crippen molar-refractivity contribution in [3.63, 3.8) is 0 Å². The first-order valence-corrected chi connectivity index (χ1v) is 6.74. The number of aryl methyl sites for hydroxylation is 1. The number of hydrogen-bond acceptors (Lipinski definition) is 2. The van der Waals surface area contributed by atoms with Gasteiger partial charge in [-0.25, -0.2) is 0 Å². The molecule has 0 saturated heterocycles. The van der Waals surface area contributed by atoms with E-state index in [1.165, 1.54) is 0 Å². The van der Waals surface area contributed by atoms with Crippen molar-refractivity contribution in [2.75, 3.05) is 6.54 Å². The lowest BCUT2D eigenvalue weighted by Crippen LogP contribution is -2.34. The number of benzene rings is 1. The van der Waals surface area contributed by atoms with E-state index < -0.39 is 0 Å². The summed E-state index contributed by atoms with van der Waals surface area (Å²) in [6.45, 7) is 4.35. The molecule has 0 saturated carbocycles. The monoisotopic (exact) mass is 362 g/mol. The molecular formula is C12H15IN2OS. The van der Waals surface area contributed by atoms with Gasteiger partial charge in [-0.1, -0.05) is 31.3 Å². The lowest BCUT2D eigenvalue weighted by molar-refractivity contribution is 0.0950. The van der Waals surface area contributed by atoms with Crippen LogP contribution < -0.4 is 11.1 Å². The van der Waals surface area contributed by atoms with Gasteiger partial charge in [0.2, 0.25) is 0 Å². The van der Waals surface area contributed by atoms with Crippen molar-refractivity contribution in [2.45, 2.75) is 13.8 Å². The standard InChI is InChI=1S/C12H15IN2OS/c1-7-4-3-5-9(10(7)13)12(16)15-6-8(2)11(14)17/h3-5,8H,6H2,1-2H3,(H2,14,17)(H,15,16). The third-order valence-electron chi connectivity index (χ3n) is 2.49. The first-order chi connectivity index (χ1) is 7.93. The number of amides is 1. The van der Waals surface area contributed by atoms with Crippen molar-refractivity contribution >= 4 is 45.7 Å². The third-order valence-corrected chi connectivity index (χ3v) is 4.33. The number of thiocarbonyl (C=S) groups is 1. The molecule has 0 radical (unpaired) electrons. The molecule has 0 bridgehead atoms. The molecular weight excluding hydrogens is 347 g/mol. The van der Waals surface area contributed by atoms with Gasteiger partial charge in [-0.3, -0.25) is 4.79 Å². The molecule has 0 heterocycles. The van der Waals surface area contributed by atoms with Crippen LogP contribution in [0.5, 0.6) is 0 Å². The molecule has 5 heteroatoms. The first-order valence-electron chi connectivity index (χ1n) is 5.26. The van der Waals surface area contributed by atoms with E-state index in [0.717, 1.165) is 9.13 Å². The van der Waals surface area contributed by atoms with Gasteiger partial charge in [-0.05, 0) is 41.1 Å². The van der Waals surface area contributed by atoms with Gasteiger partial charge in [-0.15, -0.1) is 0 Å². The summed E-state index contributed by atoms with van der Waals surface area (Å²) in [5, 5.41) is 2.84. The smallest absolute Gasteiger partial charge is 0.252 e. The topological polar surface area (TPSA) is 55.1 Å². The zero-order valence-corrected chi connectivity index (χ0v) is 12.8. The van der Waals surface area contributed by atoms with Gasteiger partial charge in [0.15, 0.2) is 0 Å². The van der Waals surface area contributed by atoms with Gasteiger partial charge in [0.25, 0.3) is 5.91 Å². The van der Waals surface area contributed by atoms with Crippen molar-refractivity contribution < 1.29 is 4.79 Å². The minimum atomic E-state index is -0.0822. The molecule has 1 rings (SSSR count). The molecule has 0 aliphatic heterocycles. The van der Waals surface area contributed by atoms with Crippen LogP contribution in [0.15, 0.2) is 18.2 Å². The van der Waals surface area contributed by atoms with Crippen LogP contribution in [0.1, 0.15) is 22.8 Å². The number of carbonyl (C=O) groups is 1. The van der Waals surface area contributed by atoms with Gasteiger partial charge in [0.1, 0.15) is 0 Å². The number of hydrogen-bond donors (Lipinski definition) is 2. The van der Waals surface area contributed by atoms with Crippen LogP contribution in [-0.2, 0) is 0 Å². The Morgan fingerprint density at radius 1 is 1.59 bits per heavy atom. The van der Waals surface area contributed by atoms with Crippen molar-refractivity contribution in [1.29, 1.82) is 0 Å². The normalized spacial score (nSPS) is 11.9. The molecule has 1 aromatic rings. The summed E-state index contributed by atoms with van der Waals surface area (Å²) in [6.07, 6.45) is 0. The molecule has 0 aliphatic rings. The van der Waals surface area contributed by atoms with Crippen LogP contribution in [0.25, 0.3) is 0 Å². The van der Waals surface area contributed by atoms with Crippen LogP contribution in [0.3, 0.4) is 0 Å². The Morgan fingerprint density at radius 3 is 2.82 bits per heavy atom. The Bertz CT molecular complexity index is 448. The van der Waals surface area contributed by atoms with E-state index in [-0.39, 0.29) is 11.8 Å². The molecule has 1 amide bonds. The van der Waals surface area contributed by atoms with Crippen molar-refractivity contribution in [1.82, 2.24) is 5.32 Å². The zero-order valence-electron chi connectivity index (χ0n) is 9.79. The molecule has 92 valence electrons. The van der Waals surface area contributed by atoms with Crippen LogP contribution >= 0.6 is 34.8 Å². The van der Waals surface area contributed by atoms with Gasteiger partial charge in [-0.2, -0.15) is 0 Å². The zero-order chi connectivity index (χ0) is 13.0. The van der Waals surface area contributed by atoms with Gasteiger partial charge in [0.05, 0.1) is 10.6 Å². The quantitative estimate of drug-likeness (QED) is 0.638. The Morgan fingerprint density at radius 2 is 2.24 bits per heavy atom. The van der Waals surface area contributed by atoms with E-state index in [1.54, 1.807) is 0 Å². The largest absolute Gasteiger partial charge is 0.393 e. The lowest BCUT2D eigenvalue weighted by atomic mass is 10.1. The van der Waals surface area contributed by atoms with E-state index in [4.69, 9.17) is 18.0 Å². The molecule has 3 N–H and O–H groups in total. The van der Waals surface area contributed by atoms with Crippen molar-refractivity contribution in [3.8, 4) is 0 Å². The number of carbonyl (C=O) groups excluding carboxylic acids is 1. The van der Waals surface area contributed by atoms with E-state index >= 15 is 0 Å². The SMILES string of the molecule is Cc1cccc(C(=O)NCC(C)C(N)=S)c1I. The predicted octanol–water partition coefficient (Wildman–Crippen LogP) is 2.25. The van der Waals surface area contributed by atoms with E-state index in [1.807, 2.05) is 32.0 Å². The highest BCUT2D eigenvalue weighted by atomic mass is 127. The highest BCUT2D eigenvalue weighted by Gasteiger charge is 2.12. The maximum Gasteiger partial charge on any atom is 0.252 e. The summed E-state index contributed by atoms with van der Waals surface area (Å²) in [4.78, 5) is 12.4. The summed E-state index contributed by atoms with van der Waals surface area (Å²) < 4.78 is 0.977.